The Balaban J connectivity index is 3.10. The molecule has 76 valence electrons. The Kier molecular flexibility index (Phi) is 3.42. The maximum atomic E-state index is 4.45. The second-order valence-electron chi connectivity index (χ2n) is 3.78. The predicted molar refractivity (Wildman–Crippen MR) is 60.3 cm³/mol. The van der Waals surface area contributed by atoms with Gasteiger partial charge in [0.25, 0.3) is 0 Å². The van der Waals surface area contributed by atoms with Gasteiger partial charge < -0.3 is 5.32 Å². The average Bonchev–Trinajstić information content (AvgIpc) is 2.09. The van der Waals surface area contributed by atoms with Gasteiger partial charge in [-0.15, -0.1) is 0 Å². The monoisotopic (exact) mass is 190 g/mol. The van der Waals surface area contributed by atoms with Crippen LogP contribution in [0.2, 0.25) is 0 Å². The molecular formula is C12H18N2. The van der Waals surface area contributed by atoms with Gasteiger partial charge in [0.15, 0.2) is 0 Å². The predicted octanol–water partition coefficient (Wildman–Crippen LogP) is 2.54. The second-order valence-corrected chi connectivity index (χ2v) is 3.78. The van der Waals surface area contributed by atoms with E-state index in [1.807, 2.05) is 20.2 Å². The van der Waals surface area contributed by atoms with Crippen LogP contribution in [0.5, 0.6) is 0 Å². The summed E-state index contributed by atoms with van der Waals surface area (Å²) in [6.45, 7) is 10.1. The summed E-state index contributed by atoms with van der Waals surface area (Å²) in [5.74, 6) is 0. The highest BCUT2D eigenvalue weighted by atomic mass is 14.9. The minimum atomic E-state index is 0.163. The fraction of sp³-hybridized carbons (Fsp3) is 0.417. The van der Waals surface area contributed by atoms with E-state index in [1.54, 1.807) is 0 Å². The topological polar surface area (TPSA) is 24.9 Å². The molecule has 2 nitrogen and oxygen atoms in total. The molecule has 0 aliphatic rings. The van der Waals surface area contributed by atoms with Crippen molar-refractivity contribution >= 4 is 0 Å². The molecule has 1 unspecified atom stereocenters. The van der Waals surface area contributed by atoms with E-state index in [0.717, 1.165) is 11.3 Å². The largest absolute Gasteiger partial charge is 0.308 e. The van der Waals surface area contributed by atoms with Crippen LogP contribution in [0.15, 0.2) is 24.4 Å². The minimum absolute atomic E-state index is 0.163. The molecule has 1 aromatic heterocycles. The number of aryl methyl sites for hydroxylation is 2. The zero-order valence-corrected chi connectivity index (χ0v) is 9.39. The van der Waals surface area contributed by atoms with Crippen LogP contribution < -0.4 is 5.32 Å². The molecule has 0 saturated heterocycles. The van der Waals surface area contributed by atoms with E-state index in [9.17, 15) is 0 Å². The lowest BCUT2D eigenvalue weighted by Crippen LogP contribution is -2.19. The fourth-order valence-corrected chi connectivity index (χ4v) is 1.64. The Labute approximate surface area is 86.1 Å². The lowest BCUT2D eigenvalue weighted by atomic mass is 10.0. The molecule has 0 amide bonds. The highest BCUT2D eigenvalue weighted by Gasteiger charge is 2.13. The van der Waals surface area contributed by atoms with Crippen molar-refractivity contribution in [2.24, 2.45) is 0 Å². The van der Waals surface area contributed by atoms with Gasteiger partial charge in [0.05, 0.1) is 11.7 Å². The first-order chi connectivity index (χ1) is 6.56. The van der Waals surface area contributed by atoms with Gasteiger partial charge in [0.1, 0.15) is 0 Å². The molecule has 1 aromatic rings. The molecule has 0 aromatic carbocycles. The summed E-state index contributed by atoms with van der Waals surface area (Å²) in [6.07, 6.45) is 1.90. The van der Waals surface area contributed by atoms with E-state index in [1.165, 1.54) is 11.1 Å². The summed E-state index contributed by atoms with van der Waals surface area (Å²) in [7, 11) is 1.93. The van der Waals surface area contributed by atoms with Gasteiger partial charge in [-0.1, -0.05) is 18.2 Å². The normalized spacial score (nSPS) is 12.6. The third-order valence-corrected chi connectivity index (χ3v) is 2.31. The van der Waals surface area contributed by atoms with Crippen molar-refractivity contribution in [3.05, 3.63) is 41.2 Å². The van der Waals surface area contributed by atoms with E-state index in [0.29, 0.717) is 0 Å². The fourth-order valence-electron chi connectivity index (χ4n) is 1.64. The number of rotatable bonds is 3. The van der Waals surface area contributed by atoms with E-state index in [4.69, 9.17) is 0 Å². The van der Waals surface area contributed by atoms with Crippen LogP contribution in [0.1, 0.15) is 29.8 Å². The molecule has 1 N–H and O–H groups in total. The third-order valence-electron chi connectivity index (χ3n) is 2.31. The van der Waals surface area contributed by atoms with Crippen molar-refractivity contribution in [1.29, 1.82) is 0 Å². The van der Waals surface area contributed by atoms with Gasteiger partial charge in [-0.25, -0.2) is 0 Å². The number of aromatic nitrogens is 1. The number of hydrogen-bond acceptors (Lipinski definition) is 2. The summed E-state index contributed by atoms with van der Waals surface area (Å²) in [5.41, 5.74) is 4.58. The lowest BCUT2D eigenvalue weighted by Gasteiger charge is -2.17. The van der Waals surface area contributed by atoms with Crippen molar-refractivity contribution in [1.82, 2.24) is 10.3 Å². The van der Waals surface area contributed by atoms with Crippen molar-refractivity contribution in [3.8, 4) is 0 Å². The molecule has 0 fully saturated rings. The summed E-state index contributed by atoms with van der Waals surface area (Å²) >= 11 is 0. The molecular weight excluding hydrogens is 172 g/mol. The van der Waals surface area contributed by atoms with Crippen LogP contribution in [0.25, 0.3) is 0 Å². The third kappa shape index (κ3) is 2.20. The van der Waals surface area contributed by atoms with Gasteiger partial charge in [0, 0.05) is 6.20 Å². The summed E-state index contributed by atoms with van der Waals surface area (Å²) < 4.78 is 0. The standard InChI is InChI=1S/C12H18N2/c1-8(2)11(13-5)12-10(4)6-9(3)7-14-12/h6-7,11,13H,1H2,2-5H3. The molecule has 0 aliphatic carbocycles. The maximum absolute atomic E-state index is 4.45. The average molecular weight is 190 g/mol. The Hall–Kier alpha value is -1.15. The molecule has 0 aliphatic heterocycles. The van der Waals surface area contributed by atoms with Crippen LogP contribution in [0.4, 0.5) is 0 Å². The Bertz CT molecular complexity index is 342. The second kappa shape index (κ2) is 4.38. The van der Waals surface area contributed by atoms with Crippen LogP contribution >= 0.6 is 0 Å². The van der Waals surface area contributed by atoms with E-state index < -0.39 is 0 Å². The summed E-state index contributed by atoms with van der Waals surface area (Å²) in [6, 6.07) is 2.31. The van der Waals surface area contributed by atoms with Gasteiger partial charge in [-0.3, -0.25) is 4.98 Å². The lowest BCUT2D eigenvalue weighted by molar-refractivity contribution is 0.654. The quantitative estimate of drug-likeness (QED) is 0.741. The van der Waals surface area contributed by atoms with E-state index >= 15 is 0 Å². The highest BCUT2D eigenvalue weighted by molar-refractivity contribution is 5.29. The molecule has 0 saturated carbocycles. The molecule has 14 heavy (non-hydrogen) atoms. The number of likely N-dealkylation sites (N-methyl/N-ethyl adjacent to an activating group) is 1. The molecule has 1 rings (SSSR count). The van der Waals surface area contributed by atoms with Gasteiger partial charge in [-0.05, 0) is 38.9 Å². The molecule has 1 heterocycles. The van der Waals surface area contributed by atoms with Crippen molar-refractivity contribution in [3.63, 3.8) is 0 Å². The molecule has 0 radical (unpaired) electrons. The number of hydrogen-bond donors (Lipinski definition) is 1. The molecule has 2 heteroatoms. The SMILES string of the molecule is C=C(C)C(NC)c1ncc(C)cc1C. The molecule has 0 spiro atoms. The van der Waals surface area contributed by atoms with Crippen LogP contribution in [0.3, 0.4) is 0 Å². The van der Waals surface area contributed by atoms with Crippen LogP contribution in [-0.4, -0.2) is 12.0 Å². The summed E-state index contributed by atoms with van der Waals surface area (Å²) in [4.78, 5) is 4.45. The first kappa shape index (κ1) is 10.9. The van der Waals surface area contributed by atoms with Crippen molar-refractivity contribution in [2.75, 3.05) is 7.05 Å². The van der Waals surface area contributed by atoms with Gasteiger partial charge >= 0.3 is 0 Å². The van der Waals surface area contributed by atoms with E-state index in [-0.39, 0.29) is 6.04 Å². The molecule has 0 bridgehead atoms. The highest BCUT2D eigenvalue weighted by Crippen LogP contribution is 2.21. The number of nitrogens with zero attached hydrogens (tertiary/aromatic N) is 1. The first-order valence-corrected chi connectivity index (χ1v) is 4.82. The first-order valence-electron chi connectivity index (χ1n) is 4.82. The van der Waals surface area contributed by atoms with Crippen molar-refractivity contribution in [2.45, 2.75) is 26.8 Å². The number of nitrogens with one attached hydrogen (secondary N) is 1. The minimum Gasteiger partial charge on any atom is -0.308 e. The zero-order chi connectivity index (χ0) is 10.7. The Morgan fingerprint density at radius 1 is 1.50 bits per heavy atom. The van der Waals surface area contributed by atoms with Crippen molar-refractivity contribution < 1.29 is 0 Å². The summed E-state index contributed by atoms with van der Waals surface area (Å²) in [5, 5.41) is 3.22. The number of pyridine rings is 1. The van der Waals surface area contributed by atoms with Crippen LogP contribution in [-0.2, 0) is 0 Å². The Morgan fingerprint density at radius 3 is 2.57 bits per heavy atom. The molecule has 1 atom stereocenters. The van der Waals surface area contributed by atoms with Gasteiger partial charge in [-0.2, -0.15) is 0 Å². The van der Waals surface area contributed by atoms with Crippen LogP contribution in [0, 0.1) is 13.8 Å². The maximum Gasteiger partial charge on any atom is 0.0705 e. The Morgan fingerprint density at radius 2 is 2.14 bits per heavy atom. The smallest absolute Gasteiger partial charge is 0.0705 e. The van der Waals surface area contributed by atoms with Gasteiger partial charge in [0.2, 0.25) is 0 Å². The zero-order valence-electron chi connectivity index (χ0n) is 9.39. The van der Waals surface area contributed by atoms with E-state index in [2.05, 4.69) is 36.8 Å².